The smallest absolute Gasteiger partial charge is 0.343 e. The van der Waals surface area contributed by atoms with Gasteiger partial charge in [0.25, 0.3) is 0 Å². The molecule has 0 fully saturated rings. The predicted octanol–water partition coefficient (Wildman–Crippen LogP) is 6.00. The number of nitrogens with one attached hydrogen (secondary N) is 1. The Kier molecular flexibility index (Phi) is 9.11. The molecule has 0 aliphatic rings. The molecule has 2 heterocycles. The third-order valence-corrected chi connectivity index (χ3v) is 6.46. The van der Waals surface area contributed by atoms with Gasteiger partial charge in [0.05, 0.1) is 22.8 Å². The summed E-state index contributed by atoms with van der Waals surface area (Å²) in [5.41, 5.74) is 6.36. The number of hydrogen-bond donors (Lipinski definition) is 1. The molecule has 11 heteroatoms. The first kappa shape index (κ1) is 28.0. The Balaban J connectivity index is 1.30. The Hall–Kier alpha value is -4.02. The summed E-state index contributed by atoms with van der Waals surface area (Å²) >= 11 is 9.58. The summed E-state index contributed by atoms with van der Waals surface area (Å²) in [5, 5.41) is 4.20. The molecular formula is C28H25BrClN3O6. The van der Waals surface area contributed by atoms with Crippen molar-refractivity contribution >= 4 is 45.6 Å². The van der Waals surface area contributed by atoms with Gasteiger partial charge in [0.1, 0.15) is 18.1 Å². The van der Waals surface area contributed by atoms with Crippen LogP contribution in [-0.2, 0) is 16.1 Å². The normalized spacial score (nSPS) is 11.0. The summed E-state index contributed by atoms with van der Waals surface area (Å²) in [5.74, 6) is 0.485. The molecule has 0 bridgehead atoms. The fraction of sp³-hybridized carbons (Fsp3) is 0.179. The molecule has 1 N–H and O–H groups in total. The number of aryl methyl sites for hydroxylation is 2. The number of amides is 1. The number of esters is 1. The first-order chi connectivity index (χ1) is 18.7. The standard InChI is InChI=1S/C28H25BrClN3O6/c1-17-4-5-18(2)33(17)20-6-8-21(9-7-20)37-15-22-10-11-25(39-22)28(35)32-31-14-19-12-23(29)27(24(30)13-19)38-16-26(34)36-3/h4-14H,15-16H2,1-3H3,(H,32,35)/b31-14+. The predicted molar refractivity (Wildman–Crippen MR) is 150 cm³/mol. The zero-order valence-electron chi connectivity index (χ0n) is 21.4. The van der Waals surface area contributed by atoms with E-state index in [1.807, 2.05) is 24.3 Å². The molecule has 2 aromatic heterocycles. The summed E-state index contributed by atoms with van der Waals surface area (Å²) in [6, 6.07) is 18.4. The fourth-order valence-electron chi connectivity index (χ4n) is 3.70. The molecule has 2 aromatic carbocycles. The zero-order valence-corrected chi connectivity index (χ0v) is 23.7. The van der Waals surface area contributed by atoms with Crippen molar-refractivity contribution < 1.29 is 28.2 Å². The lowest BCUT2D eigenvalue weighted by molar-refractivity contribution is -0.142. The molecule has 0 saturated heterocycles. The van der Waals surface area contributed by atoms with E-state index < -0.39 is 11.9 Å². The van der Waals surface area contributed by atoms with Gasteiger partial charge in [-0.1, -0.05) is 11.6 Å². The number of nitrogens with zero attached hydrogens (tertiary/aromatic N) is 2. The van der Waals surface area contributed by atoms with E-state index in [0.29, 0.717) is 21.5 Å². The van der Waals surface area contributed by atoms with E-state index >= 15 is 0 Å². The van der Waals surface area contributed by atoms with Crippen molar-refractivity contribution in [1.82, 2.24) is 9.99 Å². The molecule has 0 saturated carbocycles. The number of aromatic nitrogens is 1. The van der Waals surface area contributed by atoms with Gasteiger partial charge >= 0.3 is 11.9 Å². The Labute approximate surface area is 238 Å². The SMILES string of the molecule is COC(=O)COc1c(Cl)cc(/C=N/NC(=O)c2ccc(COc3ccc(-n4c(C)ccc4C)cc3)o2)cc1Br. The average molecular weight is 615 g/mol. The van der Waals surface area contributed by atoms with Crippen LogP contribution < -0.4 is 14.9 Å². The quantitative estimate of drug-likeness (QED) is 0.134. The van der Waals surface area contributed by atoms with E-state index in [1.165, 1.54) is 13.3 Å². The molecule has 0 aliphatic heterocycles. The highest BCUT2D eigenvalue weighted by Gasteiger charge is 2.13. The zero-order chi connectivity index (χ0) is 27.9. The van der Waals surface area contributed by atoms with Crippen molar-refractivity contribution in [3.8, 4) is 17.2 Å². The van der Waals surface area contributed by atoms with Crippen molar-refractivity contribution in [2.24, 2.45) is 5.10 Å². The fourth-order valence-corrected chi connectivity index (χ4v) is 4.69. The lowest BCUT2D eigenvalue weighted by Crippen LogP contribution is -2.16. The number of halogens is 2. The first-order valence-electron chi connectivity index (χ1n) is 11.7. The lowest BCUT2D eigenvalue weighted by atomic mass is 10.2. The van der Waals surface area contributed by atoms with Crippen molar-refractivity contribution in [3.63, 3.8) is 0 Å². The van der Waals surface area contributed by atoms with Gasteiger partial charge < -0.3 is 23.2 Å². The lowest BCUT2D eigenvalue weighted by Gasteiger charge is -2.10. The summed E-state index contributed by atoms with van der Waals surface area (Å²) < 4.78 is 24.0. The van der Waals surface area contributed by atoms with Gasteiger partial charge in [-0.3, -0.25) is 4.79 Å². The second kappa shape index (κ2) is 12.7. The number of furan rings is 1. The molecule has 0 atom stereocenters. The van der Waals surface area contributed by atoms with Crippen LogP contribution in [0.4, 0.5) is 0 Å². The van der Waals surface area contributed by atoms with Crippen LogP contribution in [0.2, 0.25) is 5.02 Å². The molecule has 0 spiro atoms. The van der Waals surface area contributed by atoms with E-state index in [0.717, 1.165) is 17.1 Å². The average Bonchev–Trinajstić information content (AvgIpc) is 3.53. The van der Waals surface area contributed by atoms with Crippen LogP contribution >= 0.6 is 27.5 Å². The van der Waals surface area contributed by atoms with E-state index in [9.17, 15) is 9.59 Å². The molecule has 4 aromatic rings. The number of carbonyl (C=O) groups excluding carboxylic acids is 2. The summed E-state index contributed by atoms with van der Waals surface area (Å²) in [4.78, 5) is 23.7. The second-order valence-electron chi connectivity index (χ2n) is 8.38. The minimum atomic E-state index is -0.536. The number of rotatable bonds is 10. The highest BCUT2D eigenvalue weighted by atomic mass is 79.9. The maximum Gasteiger partial charge on any atom is 0.343 e. The minimum absolute atomic E-state index is 0.0884. The molecule has 0 radical (unpaired) electrons. The van der Waals surface area contributed by atoms with E-state index in [2.05, 4.69) is 61.7 Å². The number of methoxy groups -OCH3 is 1. The molecule has 0 aliphatic carbocycles. The molecule has 4 rings (SSSR count). The van der Waals surface area contributed by atoms with Crippen LogP contribution in [0.1, 0.15) is 33.3 Å². The third kappa shape index (κ3) is 7.10. The molecule has 39 heavy (non-hydrogen) atoms. The number of hydrogen-bond acceptors (Lipinski definition) is 7. The highest BCUT2D eigenvalue weighted by molar-refractivity contribution is 9.10. The maximum absolute atomic E-state index is 12.4. The van der Waals surface area contributed by atoms with E-state index in [4.69, 9.17) is 25.5 Å². The van der Waals surface area contributed by atoms with Crippen molar-refractivity contribution in [2.45, 2.75) is 20.5 Å². The van der Waals surface area contributed by atoms with Gasteiger partial charge in [0.15, 0.2) is 18.1 Å². The van der Waals surface area contributed by atoms with Gasteiger partial charge in [0.2, 0.25) is 0 Å². The number of carbonyl (C=O) groups is 2. The molecule has 0 unspecified atom stereocenters. The van der Waals surface area contributed by atoms with Gasteiger partial charge in [-0.05, 0) is 96.0 Å². The Morgan fingerprint density at radius 2 is 1.77 bits per heavy atom. The van der Waals surface area contributed by atoms with Gasteiger partial charge in [-0.2, -0.15) is 5.10 Å². The van der Waals surface area contributed by atoms with Crippen molar-refractivity contribution in [2.75, 3.05) is 13.7 Å². The third-order valence-electron chi connectivity index (χ3n) is 5.59. The summed E-state index contributed by atoms with van der Waals surface area (Å²) in [6.45, 7) is 4.00. The maximum atomic E-state index is 12.4. The van der Waals surface area contributed by atoms with Crippen molar-refractivity contribution in [1.29, 1.82) is 0 Å². The van der Waals surface area contributed by atoms with Gasteiger partial charge in [0, 0.05) is 17.1 Å². The number of benzene rings is 2. The monoisotopic (exact) mass is 613 g/mol. The largest absolute Gasteiger partial charge is 0.486 e. The first-order valence-corrected chi connectivity index (χ1v) is 12.9. The van der Waals surface area contributed by atoms with Gasteiger partial charge in [-0.25, -0.2) is 10.2 Å². The number of ether oxygens (including phenoxy) is 3. The second-order valence-corrected chi connectivity index (χ2v) is 9.64. The van der Waals surface area contributed by atoms with Crippen LogP contribution in [0.25, 0.3) is 5.69 Å². The number of hydrazone groups is 1. The summed E-state index contributed by atoms with van der Waals surface area (Å²) in [7, 11) is 1.26. The van der Waals surface area contributed by atoms with Gasteiger partial charge in [-0.15, -0.1) is 0 Å². The molecular weight excluding hydrogens is 590 g/mol. The summed E-state index contributed by atoms with van der Waals surface area (Å²) in [6.07, 6.45) is 1.41. The van der Waals surface area contributed by atoms with Crippen molar-refractivity contribution in [3.05, 3.63) is 98.6 Å². The van der Waals surface area contributed by atoms with Crippen LogP contribution in [-0.4, -0.2) is 36.4 Å². The Bertz CT molecular complexity index is 1470. The molecule has 1 amide bonds. The minimum Gasteiger partial charge on any atom is -0.486 e. The van der Waals surface area contributed by atoms with Crippen LogP contribution in [0.5, 0.6) is 11.5 Å². The van der Waals surface area contributed by atoms with Crippen LogP contribution in [0.3, 0.4) is 0 Å². The van der Waals surface area contributed by atoms with Crippen LogP contribution in [0, 0.1) is 13.8 Å². The van der Waals surface area contributed by atoms with Crippen LogP contribution in [0.15, 0.2) is 74.7 Å². The molecule has 9 nitrogen and oxygen atoms in total. The Morgan fingerprint density at radius 1 is 1.05 bits per heavy atom. The highest BCUT2D eigenvalue weighted by Crippen LogP contribution is 2.34. The topological polar surface area (TPSA) is 104 Å². The van der Waals surface area contributed by atoms with E-state index in [1.54, 1.807) is 24.3 Å². The Morgan fingerprint density at radius 3 is 2.44 bits per heavy atom. The van der Waals surface area contributed by atoms with E-state index in [-0.39, 0.29) is 29.7 Å². The molecule has 202 valence electrons.